The van der Waals surface area contributed by atoms with Crippen LogP contribution >= 0.6 is 11.3 Å². The van der Waals surface area contributed by atoms with Gasteiger partial charge in [-0.05, 0) is 30.9 Å². The Balaban J connectivity index is 1.67. The van der Waals surface area contributed by atoms with E-state index >= 15 is 0 Å². The molecule has 0 bridgehead atoms. The number of thiazole rings is 1. The number of aliphatic hydroxyl groups excluding tert-OH is 1. The molecule has 0 saturated heterocycles. The first-order chi connectivity index (χ1) is 11.6. The van der Waals surface area contributed by atoms with Gasteiger partial charge in [0, 0.05) is 11.4 Å². The highest BCUT2D eigenvalue weighted by Gasteiger charge is 2.28. The Morgan fingerprint density at radius 1 is 1.46 bits per heavy atom. The van der Waals surface area contributed by atoms with Crippen LogP contribution in [0.3, 0.4) is 0 Å². The molecule has 1 atom stereocenters. The standard InChI is InChI=1S/C18H23N3O2S/c1-3-15-12(2)24-18(19-15)20-17(23)10-21-9-8-13-6-4-5-7-14(13)16(21)11-22/h4-7,16,22H,3,8-11H2,1-2H3,(H,19,20,23). The van der Waals surface area contributed by atoms with E-state index in [0.717, 1.165) is 35.5 Å². The number of hydrogen-bond donors (Lipinski definition) is 2. The summed E-state index contributed by atoms with van der Waals surface area (Å²) in [5.74, 6) is -0.0794. The molecule has 2 N–H and O–H groups in total. The van der Waals surface area contributed by atoms with Crippen molar-refractivity contribution in [2.75, 3.05) is 25.0 Å². The van der Waals surface area contributed by atoms with Crippen molar-refractivity contribution in [1.82, 2.24) is 9.88 Å². The number of amides is 1. The molecule has 1 aliphatic rings. The lowest BCUT2D eigenvalue weighted by Gasteiger charge is -2.35. The molecule has 0 saturated carbocycles. The van der Waals surface area contributed by atoms with Crippen molar-refractivity contribution in [3.63, 3.8) is 0 Å². The number of hydrogen-bond acceptors (Lipinski definition) is 5. The van der Waals surface area contributed by atoms with Gasteiger partial charge in [0.05, 0.1) is 24.9 Å². The van der Waals surface area contributed by atoms with Crippen molar-refractivity contribution in [3.05, 3.63) is 46.0 Å². The predicted octanol–water partition coefficient (Wildman–Crippen LogP) is 2.54. The second-order valence-corrected chi connectivity index (χ2v) is 7.24. The number of fused-ring (bicyclic) bond motifs is 1. The third-order valence-corrected chi connectivity index (χ3v) is 5.45. The minimum atomic E-state index is -0.120. The molecule has 1 aromatic carbocycles. The molecule has 128 valence electrons. The van der Waals surface area contributed by atoms with Gasteiger partial charge >= 0.3 is 0 Å². The summed E-state index contributed by atoms with van der Waals surface area (Å²) in [4.78, 5) is 20.0. The van der Waals surface area contributed by atoms with Crippen molar-refractivity contribution in [2.45, 2.75) is 32.7 Å². The number of aromatic nitrogens is 1. The molecule has 0 fully saturated rings. The number of carbonyl (C=O) groups excluding carboxylic acids is 1. The van der Waals surface area contributed by atoms with Crippen LogP contribution in [0.2, 0.25) is 0 Å². The number of carbonyl (C=O) groups is 1. The average Bonchev–Trinajstić information content (AvgIpc) is 2.93. The molecule has 6 heteroatoms. The van der Waals surface area contributed by atoms with Crippen molar-refractivity contribution in [2.24, 2.45) is 0 Å². The van der Waals surface area contributed by atoms with Gasteiger partial charge in [-0.1, -0.05) is 31.2 Å². The van der Waals surface area contributed by atoms with Crippen molar-refractivity contribution in [1.29, 1.82) is 0 Å². The summed E-state index contributed by atoms with van der Waals surface area (Å²) >= 11 is 1.51. The maximum absolute atomic E-state index is 12.4. The maximum atomic E-state index is 12.4. The van der Waals surface area contributed by atoms with Crippen LogP contribution < -0.4 is 5.32 Å². The Morgan fingerprint density at radius 3 is 2.96 bits per heavy atom. The van der Waals surface area contributed by atoms with E-state index in [1.54, 1.807) is 0 Å². The molecule has 5 nitrogen and oxygen atoms in total. The van der Waals surface area contributed by atoms with E-state index in [-0.39, 0.29) is 25.1 Å². The smallest absolute Gasteiger partial charge is 0.240 e. The SMILES string of the molecule is CCc1nc(NC(=O)CN2CCc3ccccc3C2CO)sc1C. The zero-order chi connectivity index (χ0) is 17.1. The summed E-state index contributed by atoms with van der Waals surface area (Å²) in [5, 5.41) is 13.4. The number of nitrogens with one attached hydrogen (secondary N) is 1. The van der Waals surface area contributed by atoms with Crippen molar-refractivity contribution >= 4 is 22.4 Å². The van der Waals surface area contributed by atoms with Gasteiger partial charge in [0.1, 0.15) is 0 Å². The van der Waals surface area contributed by atoms with Gasteiger partial charge < -0.3 is 10.4 Å². The number of benzene rings is 1. The Kier molecular flexibility index (Phi) is 5.28. The summed E-state index contributed by atoms with van der Waals surface area (Å²) in [6, 6.07) is 8.02. The third kappa shape index (κ3) is 3.50. The first kappa shape index (κ1) is 17.1. The molecule has 0 spiro atoms. The molecule has 0 aliphatic carbocycles. The largest absolute Gasteiger partial charge is 0.394 e. The van der Waals surface area contributed by atoms with Gasteiger partial charge in [0.2, 0.25) is 5.91 Å². The fourth-order valence-corrected chi connectivity index (χ4v) is 4.18. The zero-order valence-electron chi connectivity index (χ0n) is 14.1. The molecule has 1 amide bonds. The van der Waals surface area contributed by atoms with Crippen LogP contribution in [0.1, 0.15) is 34.7 Å². The van der Waals surface area contributed by atoms with Gasteiger partial charge in [-0.2, -0.15) is 0 Å². The molecule has 2 aromatic rings. The molecule has 3 rings (SSSR count). The van der Waals surface area contributed by atoms with Crippen molar-refractivity contribution < 1.29 is 9.90 Å². The molecule has 0 radical (unpaired) electrons. The summed E-state index contributed by atoms with van der Waals surface area (Å²) in [6.45, 7) is 5.13. The summed E-state index contributed by atoms with van der Waals surface area (Å²) in [7, 11) is 0. The molecule has 24 heavy (non-hydrogen) atoms. The molecular weight excluding hydrogens is 322 g/mol. The van der Waals surface area contributed by atoms with Crippen LogP contribution in [-0.2, 0) is 17.6 Å². The first-order valence-corrected chi connectivity index (χ1v) is 9.13. The Morgan fingerprint density at radius 2 is 2.25 bits per heavy atom. The predicted molar refractivity (Wildman–Crippen MR) is 96.4 cm³/mol. The number of anilines is 1. The fraction of sp³-hybridized carbons (Fsp3) is 0.444. The fourth-order valence-electron chi connectivity index (χ4n) is 3.26. The average molecular weight is 345 g/mol. The topological polar surface area (TPSA) is 65.5 Å². The van der Waals surface area contributed by atoms with E-state index in [1.807, 2.05) is 30.0 Å². The number of nitrogens with zero attached hydrogens (tertiary/aromatic N) is 2. The van der Waals surface area contributed by atoms with Gasteiger partial charge in [-0.15, -0.1) is 11.3 Å². The quantitative estimate of drug-likeness (QED) is 0.874. The van der Waals surface area contributed by atoms with E-state index in [9.17, 15) is 9.90 Å². The van der Waals surface area contributed by atoms with E-state index in [1.165, 1.54) is 16.9 Å². The van der Waals surface area contributed by atoms with E-state index in [2.05, 4.69) is 23.3 Å². The van der Waals surface area contributed by atoms with Gasteiger partial charge in [-0.3, -0.25) is 9.69 Å². The molecular formula is C18H23N3O2S. The number of rotatable bonds is 5. The normalized spacial score (nSPS) is 17.5. The third-order valence-electron chi connectivity index (χ3n) is 4.52. The van der Waals surface area contributed by atoms with Crippen LogP contribution in [0.25, 0.3) is 0 Å². The molecule has 1 unspecified atom stereocenters. The van der Waals surface area contributed by atoms with E-state index in [4.69, 9.17) is 0 Å². The Labute approximate surface area is 146 Å². The van der Waals surface area contributed by atoms with Crippen LogP contribution in [0.15, 0.2) is 24.3 Å². The second kappa shape index (κ2) is 7.42. The van der Waals surface area contributed by atoms with Gasteiger partial charge in [-0.25, -0.2) is 4.98 Å². The number of aliphatic hydroxyl groups is 1. The van der Waals surface area contributed by atoms with Crippen LogP contribution in [0.5, 0.6) is 0 Å². The Hall–Kier alpha value is -1.76. The van der Waals surface area contributed by atoms with E-state index < -0.39 is 0 Å². The highest BCUT2D eigenvalue weighted by atomic mass is 32.1. The summed E-state index contributed by atoms with van der Waals surface area (Å²) in [5.41, 5.74) is 3.42. The lowest BCUT2D eigenvalue weighted by Crippen LogP contribution is -2.42. The minimum absolute atomic E-state index is 0.0145. The zero-order valence-corrected chi connectivity index (χ0v) is 14.9. The van der Waals surface area contributed by atoms with Gasteiger partial charge in [0.25, 0.3) is 0 Å². The molecule has 1 aliphatic heterocycles. The lowest BCUT2D eigenvalue weighted by atomic mass is 9.93. The van der Waals surface area contributed by atoms with Gasteiger partial charge in [0.15, 0.2) is 5.13 Å². The summed E-state index contributed by atoms with van der Waals surface area (Å²) < 4.78 is 0. The second-order valence-electron chi connectivity index (χ2n) is 6.04. The van der Waals surface area contributed by atoms with Crippen molar-refractivity contribution in [3.8, 4) is 0 Å². The lowest BCUT2D eigenvalue weighted by molar-refractivity contribution is -0.118. The Bertz CT molecular complexity index is 729. The van der Waals surface area contributed by atoms with E-state index in [0.29, 0.717) is 5.13 Å². The minimum Gasteiger partial charge on any atom is -0.394 e. The summed E-state index contributed by atoms with van der Waals surface area (Å²) in [6.07, 6.45) is 1.77. The highest BCUT2D eigenvalue weighted by molar-refractivity contribution is 7.15. The van der Waals surface area contributed by atoms with Crippen LogP contribution in [0, 0.1) is 6.92 Å². The number of aryl methyl sites for hydroxylation is 2. The first-order valence-electron chi connectivity index (χ1n) is 8.31. The monoisotopic (exact) mass is 345 g/mol. The highest BCUT2D eigenvalue weighted by Crippen LogP contribution is 2.29. The maximum Gasteiger partial charge on any atom is 0.240 e. The molecule has 2 heterocycles. The molecule has 1 aromatic heterocycles. The van der Waals surface area contributed by atoms with Crippen LogP contribution in [0.4, 0.5) is 5.13 Å². The van der Waals surface area contributed by atoms with Crippen LogP contribution in [-0.4, -0.2) is 40.6 Å².